The topological polar surface area (TPSA) is 230 Å². The standard InChI is InChI=1S/C54H75ClN10O8/c1-11-31(3)45(61-47(66)35(7)56-9)53(72)64-29-41(27-43(64)51(70)57-33(5)37-20-15-13-16-21-37)59-49(68)39-24-19-25-40(26-39)50(69)60-42-28-44(52(71)58-34(6)38-22-17-14-18-23-38)65(30-42)54(73)46(32(4)12-2)62-48(67)36(8)63(10)55/h13-26,31-36,41-46,56H,11-12,27-30H2,1-10H3,(H,57,70)(H,58,71)(H,59,68)(H,60,69)(H,61,66)(H,62,67)/t31-,32-,33+,34?,35-,36-,41-,42-,43-,44-,45?,46?/m0/s1. The van der Waals surface area contributed by atoms with E-state index in [1.165, 1.54) is 27.3 Å². The number of carbonyl (C=O) groups is 8. The van der Waals surface area contributed by atoms with Crippen LogP contribution in [0.3, 0.4) is 0 Å². The number of benzene rings is 3. The van der Waals surface area contributed by atoms with Gasteiger partial charge >= 0.3 is 0 Å². The molecule has 12 atom stereocenters. The van der Waals surface area contributed by atoms with Crippen LogP contribution in [0, 0.1) is 11.8 Å². The minimum Gasteiger partial charge on any atom is -0.348 e. The summed E-state index contributed by atoms with van der Waals surface area (Å²) in [5, 5.41) is 20.7. The maximum absolute atomic E-state index is 14.5. The number of hydrogen-bond acceptors (Lipinski definition) is 10. The molecule has 7 N–H and O–H groups in total. The molecule has 396 valence electrons. The van der Waals surface area contributed by atoms with Crippen molar-refractivity contribution in [3.05, 3.63) is 107 Å². The molecule has 18 nitrogen and oxygen atoms in total. The first-order chi connectivity index (χ1) is 34.7. The van der Waals surface area contributed by atoms with E-state index in [1.54, 1.807) is 39.1 Å². The first-order valence-electron chi connectivity index (χ1n) is 25.4. The van der Waals surface area contributed by atoms with Gasteiger partial charge in [0.1, 0.15) is 30.2 Å². The Bertz CT molecular complexity index is 2410. The number of nitrogens with zero attached hydrogens (tertiary/aromatic N) is 3. The van der Waals surface area contributed by atoms with Crippen molar-refractivity contribution in [2.24, 2.45) is 11.8 Å². The molecule has 0 saturated carbocycles. The molecule has 2 heterocycles. The predicted molar refractivity (Wildman–Crippen MR) is 280 cm³/mol. The molecular weight excluding hydrogens is 952 g/mol. The largest absolute Gasteiger partial charge is 0.348 e. The van der Waals surface area contributed by atoms with Crippen LogP contribution >= 0.6 is 11.8 Å². The lowest BCUT2D eigenvalue weighted by atomic mass is 9.97. The molecule has 73 heavy (non-hydrogen) atoms. The van der Waals surface area contributed by atoms with Gasteiger partial charge in [-0.1, -0.05) is 107 Å². The maximum atomic E-state index is 14.5. The Morgan fingerprint density at radius 1 is 0.589 bits per heavy atom. The third-order valence-corrected chi connectivity index (χ3v) is 14.7. The van der Waals surface area contributed by atoms with Crippen LogP contribution in [0.25, 0.3) is 0 Å². The molecule has 2 aliphatic rings. The molecule has 2 fully saturated rings. The minimum atomic E-state index is -1.00. The van der Waals surface area contributed by atoms with Gasteiger partial charge in [-0.15, -0.1) is 0 Å². The van der Waals surface area contributed by atoms with Crippen molar-refractivity contribution in [1.29, 1.82) is 0 Å². The van der Waals surface area contributed by atoms with E-state index in [0.717, 1.165) is 11.1 Å². The van der Waals surface area contributed by atoms with Gasteiger partial charge in [-0.25, -0.2) is 4.42 Å². The molecule has 0 aromatic heterocycles. The molecule has 3 aromatic rings. The molecule has 19 heteroatoms. The highest BCUT2D eigenvalue weighted by Crippen LogP contribution is 2.27. The number of halogens is 1. The molecule has 0 spiro atoms. The fourth-order valence-electron chi connectivity index (χ4n) is 9.04. The number of nitrogens with one attached hydrogen (secondary N) is 7. The van der Waals surface area contributed by atoms with Crippen molar-refractivity contribution >= 4 is 59.0 Å². The summed E-state index contributed by atoms with van der Waals surface area (Å²) >= 11 is 6.10. The summed E-state index contributed by atoms with van der Waals surface area (Å²) in [6.07, 6.45) is 1.26. The van der Waals surface area contributed by atoms with Crippen LogP contribution in [0.1, 0.15) is 125 Å². The van der Waals surface area contributed by atoms with E-state index in [9.17, 15) is 38.4 Å². The summed E-state index contributed by atoms with van der Waals surface area (Å²) in [5.74, 6) is -4.29. The molecule has 5 rings (SSSR count). The number of amides is 8. The average Bonchev–Trinajstić information content (AvgIpc) is 4.03. The Kier molecular flexibility index (Phi) is 20.9. The number of rotatable bonds is 22. The van der Waals surface area contributed by atoms with E-state index in [0.29, 0.717) is 12.8 Å². The zero-order valence-corrected chi connectivity index (χ0v) is 44.5. The lowest BCUT2D eigenvalue weighted by Gasteiger charge is -2.32. The summed E-state index contributed by atoms with van der Waals surface area (Å²) < 4.78 is 1.21. The zero-order chi connectivity index (χ0) is 53.7. The number of hydrogen-bond donors (Lipinski definition) is 7. The summed E-state index contributed by atoms with van der Waals surface area (Å²) in [5.41, 5.74) is 2.00. The van der Waals surface area contributed by atoms with Crippen LogP contribution in [0.4, 0.5) is 0 Å². The van der Waals surface area contributed by atoms with Crippen molar-refractivity contribution < 1.29 is 38.4 Å². The number of likely N-dealkylation sites (tertiary alicyclic amines) is 2. The second kappa shape index (κ2) is 26.5. The second-order valence-corrected chi connectivity index (χ2v) is 20.2. The first-order valence-corrected chi connectivity index (χ1v) is 25.7. The maximum Gasteiger partial charge on any atom is 0.251 e. The lowest BCUT2D eigenvalue weighted by molar-refractivity contribution is -0.143. The SMILES string of the molecule is CC[C@H](C)C(NC(=O)[C@H](C)NC)C(=O)N1C[C@@H](NC(=O)c2cccc(C(=O)N[C@H]3C[C@@H](C(=O)NC(C)c4ccccc4)N(C(=O)C(NC(=O)[C@H](C)N(C)Cl)[C@@H](C)CC)C3)c2)C[C@H]1C(=O)N[C@H](C)c1ccccc1. The van der Waals surface area contributed by atoms with Crippen LogP contribution < -0.4 is 37.2 Å². The van der Waals surface area contributed by atoms with Gasteiger partial charge in [0.15, 0.2) is 0 Å². The van der Waals surface area contributed by atoms with Crippen molar-refractivity contribution in [2.75, 3.05) is 27.2 Å². The fraction of sp³-hybridized carbons (Fsp3) is 0.519. The Morgan fingerprint density at radius 3 is 1.36 bits per heavy atom. The molecular formula is C54H75ClN10O8. The Hall–Kier alpha value is -6.37. The average molecular weight is 1030 g/mol. The van der Waals surface area contributed by atoms with E-state index in [-0.39, 0.29) is 54.8 Å². The molecule has 2 aliphatic heterocycles. The van der Waals surface area contributed by atoms with Gasteiger partial charge in [0.2, 0.25) is 35.4 Å². The van der Waals surface area contributed by atoms with E-state index in [2.05, 4.69) is 37.2 Å². The van der Waals surface area contributed by atoms with Crippen LogP contribution in [0.2, 0.25) is 0 Å². The second-order valence-electron chi connectivity index (χ2n) is 19.6. The van der Waals surface area contributed by atoms with Gasteiger partial charge in [0.05, 0.1) is 18.1 Å². The predicted octanol–water partition coefficient (Wildman–Crippen LogP) is 3.98. The van der Waals surface area contributed by atoms with E-state index >= 15 is 0 Å². The van der Waals surface area contributed by atoms with Gasteiger partial charge in [-0.3, -0.25) is 38.4 Å². The van der Waals surface area contributed by atoms with Crippen molar-refractivity contribution in [3.8, 4) is 0 Å². The number of likely N-dealkylation sites (N-methyl/N-ethyl adjacent to an activating group) is 2. The number of carbonyl (C=O) groups excluding carboxylic acids is 8. The van der Waals surface area contributed by atoms with E-state index in [1.807, 2.05) is 102 Å². The monoisotopic (exact) mass is 1030 g/mol. The Labute approximate surface area is 435 Å². The summed E-state index contributed by atoms with van der Waals surface area (Å²) in [7, 11) is 3.18. The van der Waals surface area contributed by atoms with Crippen LogP contribution in [0.15, 0.2) is 84.9 Å². The van der Waals surface area contributed by atoms with Gasteiger partial charge in [0, 0.05) is 43.3 Å². The summed E-state index contributed by atoms with van der Waals surface area (Å²) in [6, 6.07) is 17.4. The molecule has 3 unspecified atom stereocenters. The van der Waals surface area contributed by atoms with Gasteiger partial charge in [-0.05, 0) is 101 Å². The summed E-state index contributed by atoms with van der Waals surface area (Å²) in [6.45, 7) is 14.4. The highest BCUT2D eigenvalue weighted by Gasteiger charge is 2.46. The van der Waals surface area contributed by atoms with E-state index < -0.39 is 102 Å². The molecule has 0 bridgehead atoms. The molecule has 0 aliphatic carbocycles. The van der Waals surface area contributed by atoms with Gasteiger partial charge in [-0.2, -0.15) is 0 Å². The first kappa shape index (κ1) is 57.5. The Morgan fingerprint density at radius 2 is 0.986 bits per heavy atom. The Balaban J connectivity index is 1.35. The highest BCUT2D eigenvalue weighted by atomic mass is 35.5. The normalized spacial score (nSPS) is 20.8. The lowest BCUT2D eigenvalue weighted by Crippen LogP contribution is -2.57. The molecule has 0 radical (unpaired) electrons. The highest BCUT2D eigenvalue weighted by molar-refractivity contribution is 6.14. The van der Waals surface area contributed by atoms with Crippen molar-refractivity contribution in [3.63, 3.8) is 0 Å². The zero-order valence-electron chi connectivity index (χ0n) is 43.7. The van der Waals surface area contributed by atoms with Crippen LogP contribution in [-0.2, 0) is 28.8 Å². The minimum absolute atomic E-state index is 0.0208. The smallest absolute Gasteiger partial charge is 0.251 e. The van der Waals surface area contributed by atoms with Crippen LogP contribution in [0.5, 0.6) is 0 Å². The molecule has 3 aromatic carbocycles. The van der Waals surface area contributed by atoms with Gasteiger partial charge in [0.25, 0.3) is 11.8 Å². The van der Waals surface area contributed by atoms with Crippen molar-refractivity contribution in [1.82, 2.24) is 51.4 Å². The summed E-state index contributed by atoms with van der Waals surface area (Å²) in [4.78, 5) is 115. The quantitative estimate of drug-likeness (QED) is 0.0716. The third kappa shape index (κ3) is 14.9. The van der Waals surface area contributed by atoms with Crippen molar-refractivity contribution in [2.45, 2.75) is 141 Å². The van der Waals surface area contributed by atoms with Gasteiger partial charge < -0.3 is 47.0 Å². The molecule has 8 amide bonds. The molecule has 2 saturated heterocycles. The van der Waals surface area contributed by atoms with Crippen LogP contribution in [-0.4, -0.2) is 137 Å². The van der Waals surface area contributed by atoms with E-state index in [4.69, 9.17) is 11.8 Å². The fourth-order valence-corrected chi connectivity index (χ4v) is 9.13. The third-order valence-electron chi connectivity index (χ3n) is 14.4.